The van der Waals surface area contributed by atoms with Crippen molar-refractivity contribution in [3.05, 3.63) is 69.7 Å². The number of halogens is 1. The van der Waals surface area contributed by atoms with E-state index in [2.05, 4.69) is 76.7 Å². The fourth-order valence-corrected chi connectivity index (χ4v) is 4.49. The maximum Gasteiger partial charge on any atom is 0.142 e. The Hall–Kier alpha value is -1.74. The predicted octanol–water partition coefficient (Wildman–Crippen LogP) is 5.59. The van der Waals surface area contributed by atoms with E-state index in [1.165, 1.54) is 16.7 Å². The van der Waals surface area contributed by atoms with Crippen LogP contribution in [0.3, 0.4) is 0 Å². The van der Waals surface area contributed by atoms with Crippen LogP contribution in [0.5, 0.6) is 5.75 Å². The van der Waals surface area contributed by atoms with E-state index in [1.807, 2.05) is 0 Å². The highest BCUT2D eigenvalue weighted by molar-refractivity contribution is 9.10. The number of allylic oxidation sites excluding steroid dienone is 2. The number of ether oxygens (including phenoxy) is 1. The van der Waals surface area contributed by atoms with Crippen molar-refractivity contribution < 1.29 is 4.74 Å². The monoisotopic (exact) mass is 369 g/mol. The van der Waals surface area contributed by atoms with Gasteiger partial charge in [-0.05, 0) is 54.2 Å². The van der Waals surface area contributed by atoms with Gasteiger partial charge in [0, 0.05) is 10.4 Å². The average molecular weight is 370 g/mol. The summed E-state index contributed by atoms with van der Waals surface area (Å²) in [4.78, 5) is 0. The molecule has 2 aliphatic rings. The average Bonchev–Trinajstić information content (AvgIpc) is 3.03. The van der Waals surface area contributed by atoms with Crippen molar-refractivity contribution in [2.24, 2.45) is 5.92 Å². The van der Waals surface area contributed by atoms with E-state index in [1.54, 1.807) is 7.11 Å². The second-order valence-corrected chi connectivity index (χ2v) is 7.32. The number of hydrogen-bond acceptors (Lipinski definition) is 2. The van der Waals surface area contributed by atoms with Gasteiger partial charge in [0.15, 0.2) is 0 Å². The molecular weight excluding hydrogens is 350 g/mol. The normalized spacial score (nSPS) is 24.7. The Morgan fingerprint density at radius 3 is 2.87 bits per heavy atom. The zero-order valence-corrected chi connectivity index (χ0v) is 14.9. The van der Waals surface area contributed by atoms with Crippen molar-refractivity contribution in [3.8, 4) is 5.75 Å². The summed E-state index contributed by atoms with van der Waals surface area (Å²) in [5, 5.41) is 3.79. The van der Waals surface area contributed by atoms with Gasteiger partial charge in [0.25, 0.3) is 0 Å². The van der Waals surface area contributed by atoms with Crippen molar-refractivity contribution in [3.63, 3.8) is 0 Å². The summed E-state index contributed by atoms with van der Waals surface area (Å²) < 4.78 is 6.75. The third-order valence-electron chi connectivity index (χ3n) is 5.13. The number of benzene rings is 2. The molecule has 23 heavy (non-hydrogen) atoms. The lowest BCUT2D eigenvalue weighted by Crippen LogP contribution is -2.30. The maximum atomic E-state index is 5.63. The van der Waals surface area contributed by atoms with Crippen LogP contribution in [0.25, 0.3) is 0 Å². The number of aryl methyl sites for hydroxylation is 1. The summed E-state index contributed by atoms with van der Waals surface area (Å²) in [6.45, 7) is 2.20. The van der Waals surface area contributed by atoms with Gasteiger partial charge in [-0.3, -0.25) is 0 Å². The molecule has 0 saturated carbocycles. The highest BCUT2D eigenvalue weighted by atomic mass is 79.9. The summed E-state index contributed by atoms with van der Waals surface area (Å²) in [6, 6.07) is 13.2. The molecule has 1 aliphatic carbocycles. The number of methoxy groups -OCH3 is 1. The summed E-state index contributed by atoms with van der Waals surface area (Å²) in [5.74, 6) is 1.96. The third kappa shape index (κ3) is 2.38. The van der Waals surface area contributed by atoms with E-state index >= 15 is 0 Å². The second-order valence-electron chi connectivity index (χ2n) is 6.40. The molecule has 1 aliphatic heterocycles. The van der Waals surface area contributed by atoms with Gasteiger partial charge in [-0.25, -0.2) is 0 Å². The summed E-state index contributed by atoms with van der Waals surface area (Å²) in [6.07, 6.45) is 5.82. The van der Waals surface area contributed by atoms with Gasteiger partial charge in [0.2, 0.25) is 0 Å². The summed E-state index contributed by atoms with van der Waals surface area (Å²) in [7, 11) is 1.75. The van der Waals surface area contributed by atoms with Crippen molar-refractivity contribution in [2.75, 3.05) is 12.4 Å². The first-order valence-electron chi connectivity index (χ1n) is 8.05. The highest BCUT2D eigenvalue weighted by Gasteiger charge is 2.39. The van der Waals surface area contributed by atoms with E-state index in [0.29, 0.717) is 17.9 Å². The molecule has 2 aromatic carbocycles. The Balaban J connectivity index is 1.86. The minimum Gasteiger partial charge on any atom is -0.495 e. The molecule has 3 atom stereocenters. The highest BCUT2D eigenvalue weighted by Crippen LogP contribution is 2.53. The zero-order valence-electron chi connectivity index (χ0n) is 13.3. The van der Waals surface area contributed by atoms with Crippen molar-refractivity contribution in [1.82, 2.24) is 0 Å². The van der Waals surface area contributed by atoms with Crippen LogP contribution in [0.1, 0.15) is 35.1 Å². The number of hydrogen-bond donors (Lipinski definition) is 1. The van der Waals surface area contributed by atoms with Crippen LogP contribution < -0.4 is 10.1 Å². The van der Waals surface area contributed by atoms with Gasteiger partial charge in [-0.2, -0.15) is 0 Å². The van der Waals surface area contributed by atoms with E-state index in [-0.39, 0.29) is 0 Å². The Labute approximate surface area is 145 Å². The molecule has 0 aromatic heterocycles. The first-order valence-corrected chi connectivity index (χ1v) is 8.84. The molecule has 0 spiro atoms. The van der Waals surface area contributed by atoms with Gasteiger partial charge >= 0.3 is 0 Å². The fourth-order valence-electron chi connectivity index (χ4n) is 4.07. The quantitative estimate of drug-likeness (QED) is 0.696. The van der Waals surface area contributed by atoms with Crippen LogP contribution in [0.15, 0.2) is 53.0 Å². The minimum absolute atomic E-state index is 0.302. The number of nitrogens with one attached hydrogen (secondary N) is 1. The number of fused-ring (bicyclic) bond motifs is 3. The molecule has 0 fully saturated rings. The van der Waals surface area contributed by atoms with Crippen LogP contribution in [0.4, 0.5) is 5.69 Å². The van der Waals surface area contributed by atoms with Gasteiger partial charge in [-0.15, -0.1) is 0 Å². The molecule has 2 nitrogen and oxygen atoms in total. The van der Waals surface area contributed by atoms with E-state index in [9.17, 15) is 0 Å². The van der Waals surface area contributed by atoms with Crippen LogP contribution in [-0.2, 0) is 0 Å². The largest absolute Gasteiger partial charge is 0.495 e. The van der Waals surface area contributed by atoms with Gasteiger partial charge in [0.1, 0.15) is 5.75 Å². The molecule has 118 valence electrons. The van der Waals surface area contributed by atoms with E-state index in [0.717, 1.165) is 22.3 Å². The first kappa shape index (κ1) is 14.8. The minimum atomic E-state index is 0.302. The smallest absolute Gasteiger partial charge is 0.142 e. The maximum absolute atomic E-state index is 5.63. The Kier molecular flexibility index (Phi) is 3.68. The van der Waals surface area contributed by atoms with Gasteiger partial charge < -0.3 is 10.1 Å². The van der Waals surface area contributed by atoms with Crippen LogP contribution in [-0.4, -0.2) is 7.11 Å². The summed E-state index contributed by atoms with van der Waals surface area (Å²) in [5.41, 5.74) is 5.22. The molecular formula is C20H20BrNO. The lowest BCUT2D eigenvalue weighted by Gasteiger charge is -2.39. The van der Waals surface area contributed by atoms with Gasteiger partial charge in [0.05, 0.1) is 18.8 Å². The summed E-state index contributed by atoms with van der Waals surface area (Å²) >= 11 is 3.60. The second kappa shape index (κ2) is 5.72. The molecule has 1 N–H and O–H groups in total. The Bertz CT molecular complexity index is 783. The lowest BCUT2D eigenvalue weighted by atomic mass is 9.75. The van der Waals surface area contributed by atoms with Crippen LogP contribution >= 0.6 is 15.9 Å². The standard InChI is InChI=1S/C20H20BrNO/c1-12-9-10-17(23-2)20-18(12)15-7-4-8-16(15)19(22-20)13-5-3-6-14(21)11-13/h3-7,9-11,15-16,19,22H,8H2,1-2H3/t15-,16-,19+/m0/s1. The van der Waals surface area contributed by atoms with Crippen molar-refractivity contribution in [1.29, 1.82) is 0 Å². The predicted molar refractivity (Wildman–Crippen MR) is 98.2 cm³/mol. The molecule has 3 heteroatoms. The lowest BCUT2D eigenvalue weighted by molar-refractivity contribution is 0.396. The molecule has 2 aromatic rings. The fraction of sp³-hybridized carbons (Fsp3) is 0.300. The third-order valence-corrected chi connectivity index (χ3v) is 5.62. The number of rotatable bonds is 2. The Morgan fingerprint density at radius 1 is 1.22 bits per heavy atom. The van der Waals surface area contributed by atoms with E-state index < -0.39 is 0 Å². The Morgan fingerprint density at radius 2 is 2.09 bits per heavy atom. The van der Waals surface area contributed by atoms with Crippen LogP contribution in [0.2, 0.25) is 0 Å². The van der Waals surface area contributed by atoms with Gasteiger partial charge in [-0.1, -0.05) is 46.3 Å². The number of anilines is 1. The SMILES string of the molecule is COc1ccc(C)c2c1N[C@H](c1cccc(Br)c1)[C@H]1CC=C[C@H]21. The van der Waals surface area contributed by atoms with Crippen LogP contribution in [0, 0.1) is 12.8 Å². The molecule has 0 radical (unpaired) electrons. The van der Waals surface area contributed by atoms with E-state index in [4.69, 9.17) is 4.74 Å². The zero-order chi connectivity index (χ0) is 16.0. The molecule has 0 saturated heterocycles. The molecule has 4 rings (SSSR count). The molecule has 1 heterocycles. The topological polar surface area (TPSA) is 21.3 Å². The van der Waals surface area contributed by atoms with Crippen molar-refractivity contribution >= 4 is 21.6 Å². The molecule has 0 unspecified atom stereocenters. The first-order chi connectivity index (χ1) is 11.2. The molecule has 0 bridgehead atoms. The van der Waals surface area contributed by atoms with Crippen molar-refractivity contribution in [2.45, 2.75) is 25.3 Å². The molecule has 0 amide bonds.